The number of nitrogens with two attached hydrogens (primary N) is 1. The first-order chi connectivity index (χ1) is 8.00. The predicted octanol–water partition coefficient (Wildman–Crippen LogP) is -0.279. The lowest BCUT2D eigenvalue weighted by Crippen LogP contribution is -2.51. The average molecular weight is 244 g/mol. The van der Waals surface area contributed by atoms with Crippen LogP contribution >= 0.6 is 0 Å². The number of rotatable bonds is 5. The van der Waals surface area contributed by atoms with Crippen molar-refractivity contribution in [2.24, 2.45) is 11.1 Å². The number of aliphatic carboxylic acids is 1. The fourth-order valence-corrected chi connectivity index (χ4v) is 1.98. The van der Waals surface area contributed by atoms with E-state index in [-0.39, 0.29) is 24.9 Å². The van der Waals surface area contributed by atoms with Crippen LogP contribution in [0.1, 0.15) is 26.2 Å². The summed E-state index contributed by atoms with van der Waals surface area (Å²) in [6.07, 6.45) is 1.10. The van der Waals surface area contributed by atoms with Crippen LogP contribution in [0.25, 0.3) is 0 Å². The van der Waals surface area contributed by atoms with Crippen molar-refractivity contribution in [1.29, 1.82) is 0 Å². The largest absolute Gasteiger partial charge is 0.481 e. The van der Waals surface area contributed by atoms with Gasteiger partial charge < -0.3 is 20.9 Å². The molecule has 4 N–H and O–H groups in total. The van der Waals surface area contributed by atoms with Crippen LogP contribution in [0.15, 0.2) is 0 Å². The topological polar surface area (TPSA) is 102 Å². The zero-order valence-electron chi connectivity index (χ0n) is 10.1. The highest BCUT2D eigenvalue weighted by Crippen LogP contribution is 2.29. The molecule has 1 aliphatic rings. The summed E-state index contributed by atoms with van der Waals surface area (Å²) in [5.41, 5.74) is 5.09. The van der Waals surface area contributed by atoms with Gasteiger partial charge in [-0.25, -0.2) is 0 Å². The summed E-state index contributed by atoms with van der Waals surface area (Å²) in [4.78, 5) is 22.6. The number of amides is 1. The Balaban J connectivity index is 2.57. The van der Waals surface area contributed by atoms with Crippen molar-refractivity contribution in [2.45, 2.75) is 32.2 Å². The molecule has 1 heterocycles. The molecule has 1 aliphatic heterocycles. The van der Waals surface area contributed by atoms with Gasteiger partial charge in [-0.15, -0.1) is 0 Å². The number of nitrogens with one attached hydrogen (secondary N) is 1. The van der Waals surface area contributed by atoms with Gasteiger partial charge in [-0.3, -0.25) is 9.59 Å². The summed E-state index contributed by atoms with van der Waals surface area (Å²) in [5, 5.41) is 11.3. The molecule has 1 fully saturated rings. The van der Waals surface area contributed by atoms with Gasteiger partial charge >= 0.3 is 5.97 Å². The van der Waals surface area contributed by atoms with Gasteiger partial charge in [-0.2, -0.15) is 0 Å². The van der Waals surface area contributed by atoms with Gasteiger partial charge in [0.05, 0.1) is 11.8 Å². The molecular formula is C11H20N2O4. The normalized spacial score (nSPS) is 20.6. The Hall–Kier alpha value is -1.14. The van der Waals surface area contributed by atoms with Crippen LogP contribution in [0.3, 0.4) is 0 Å². The molecule has 0 radical (unpaired) electrons. The van der Waals surface area contributed by atoms with E-state index in [1.807, 2.05) is 0 Å². The fourth-order valence-electron chi connectivity index (χ4n) is 1.98. The molecular weight excluding hydrogens is 224 g/mol. The molecule has 0 aromatic carbocycles. The minimum Gasteiger partial charge on any atom is -0.481 e. The van der Waals surface area contributed by atoms with Crippen LogP contribution in [0.5, 0.6) is 0 Å². The SMILES string of the molecule is CC(CC(=O)O)NC(=O)C1(CN)CCOCC1. The van der Waals surface area contributed by atoms with Crippen LogP contribution in [-0.2, 0) is 14.3 Å². The molecule has 1 saturated heterocycles. The van der Waals surface area contributed by atoms with Crippen molar-refractivity contribution in [3.63, 3.8) is 0 Å². The second-order valence-corrected chi connectivity index (χ2v) is 4.57. The van der Waals surface area contributed by atoms with E-state index in [4.69, 9.17) is 15.6 Å². The molecule has 17 heavy (non-hydrogen) atoms. The first kappa shape index (κ1) is 13.9. The molecule has 0 aromatic rings. The molecule has 0 aromatic heterocycles. The highest BCUT2D eigenvalue weighted by molar-refractivity contribution is 5.83. The maximum absolute atomic E-state index is 12.1. The Labute approximate surface area is 101 Å². The standard InChI is InChI=1S/C11H20N2O4/c1-8(6-9(14)15)13-10(16)11(7-12)2-4-17-5-3-11/h8H,2-7,12H2,1H3,(H,13,16)(H,14,15). The summed E-state index contributed by atoms with van der Waals surface area (Å²) >= 11 is 0. The van der Waals surface area contributed by atoms with Crippen molar-refractivity contribution in [2.75, 3.05) is 19.8 Å². The molecule has 1 unspecified atom stereocenters. The van der Waals surface area contributed by atoms with Gasteiger partial charge in [0.25, 0.3) is 0 Å². The van der Waals surface area contributed by atoms with Gasteiger partial charge in [-0.05, 0) is 19.8 Å². The Bertz CT molecular complexity index is 287. The molecule has 0 spiro atoms. The first-order valence-electron chi connectivity index (χ1n) is 5.81. The van der Waals surface area contributed by atoms with Crippen LogP contribution in [0.2, 0.25) is 0 Å². The molecule has 0 aliphatic carbocycles. The molecule has 6 nitrogen and oxygen atoms in total. The molecule has 1 amide bonds. The van der Waals surface area contributed by atoms with Crippen molar-refractivity contribution in [3.05, 3.63) is 0 Å². The Morgan fingerprint density at radius 3 is 2.53 bits per heavy atom. The van der Waals surface area contributed by atoms with Gasteiger partial charge in [0, 0.05) is 25.8 Å². The lowest BCUT2D eigenvalue weighted by atomic mass is 9.79. The zero-order valence-corrected chi connectivity index (χ0v) is 10.1. The second-order valence-electron chi connectivity index (χ2n) is 4.57. The molecule has 1 atom stereocenters. The lowest BCUT2D eigenvalue weighted by Gasteiger charge is -2.35. The predicted molar refractivity (Wildman–Crippen MR) is 61.4 cm³/mol. The van der Waals surface area contributed by atoms with E-state index in [9.17, 15) is 9.59 Å². The van der Waals surface area contributed by atoms with E-state index >= 15 is 0 Å². The third-order valence-electron chi connectivity index (χ3n) is 3.18. The van der Waals surface area contributed by atoms with E-state index in [1.165, 1.54) is 0 Å². The third-order valence-corrected chi connectivity index (χ3v) is 3.18. The van der Waals surface area contributed by atoms with E-state index < -0.39 is 11.4 Å². The average Bonchev–Trinajstić information content (AvgIpc) is 2.28. The summed E-state index contributed by atoms with van der Waals surface area (Å²) < 4.78 is 5.22. The van der Waals surface area contributed by atoms with Crippen molar-refractivity contribution < 1.29 is 19.4 Å². The van der Waals surface area contributed by atoms with Crippen molar-refractivity contribution in [1.82, 2.24) is 5.32 Å². The maximum Gasteiger partial charge on any atom is 0.305 e. The van der Waals surface area contributed by atoms with Crippen LogP contribution in [-0.4, -0.2) is 42.8 Å². The molecule has 1 rings (SSSR count). The van der Waals surface area contributed by atoms with Crippen LogP contribution < -0.4 is 11.1 Å². The summed E-state index contributed by atoms with van der Waals surface area (Å²) in [7, 11) is 0. The molecule has 98 valence electrons. The minimum atomic E-state index is -0.924. The number of carboxylic acids is 1. The van der Waals surface area contributed by atoms with Crippen molar-refractivity contribution >= 4 is 11.9 Å². The summed E-state index contributed by atoms with van der Waals surface area (Å²) in [6, 6.07) is -0.383. The highest BCUT2D eigenvalue weighted by atomic mass is 16.5. The van der Waals surface area contributed by atoms with Crippen LogP contribution in [0, 0.1) is 5.41 Å². The fraction of sp³-hybridized carbons (Fsp3) is 0.818. The number of carbonyl (C=O) groups is 2. The van der Waals surface area contributed by atoms with Gasteiger partial charge in [-0.1, -0.05) is 0 Å². The van der Waals surface area contributed by atoms with E-state index in [0.717, 1.165) is 0 Å². The number of hydrogen-bond donors (Lipinski definition) is 3. The summed E-state index contributed by atoms with van der Waals surface area (Å²) in [6.45, 7) is 2.99. The van der Waals surface area contributed by atoms with Gasteiger partial charge in [0.2, 0.25) is 5.91 Å². The highest BCUT2D eigenvalue weighted by Gasteiger charge is 2.39. The summed E-state index contributed by atoms with van der Waals surface area (Å²) in [5.74, 6) is -1.08. The zero-order chi connectivity index (χ0) is 12.9. The quantitative estimate of drug-likeness (QED) is 0.617. The van der Waals surface area contributed by atoms with Crippen LogP contribution in [0.4, 0.5) is 0 Å². The monoisotopic (exact) mass is 244 g/mol. The number of hydrogen-bond acceptors (Lipinski definition) is 4. The molecule has 6 heteroatoms. The van der Waals surface area contributed by atoms with E-state index in [0.29, 0.717) is 26.1 Å². The Morgan fingerprint density at radius 2 is 2.06 bits per heavy atom. The number of carboxylic acid groups (broad SMARTS) is 1. The lowest BCUT2D eigenvalue weighted by molar-refractivity contribution is -0.139. The third kappa shape index (κ3) is 3.67. The molecule has 0 saturated carbocycles. The van der Waals surface area contributed by atoms with E-state index in [2.05, 4.69) is 5.32 Å². The maximum atomic E-state index is 12.1. The van der Waals surface area contributed by atoms with E-state index in [1.54, 1.807) is 6.92 Å². The Morgan fingerprint density at radius 1 is 1.47 bits per heavy atom. The van der Waals surface area contributed by atoms with Gasteiger partial charge in [0.15, 0.2) is 0 Å². The Kier molecular flexibility index (Phi) is 4.89. The van der Waals surface area contributed by atoms with Gasteiger partial charge in [0.1, 0.15) is 0 Å². The number of carbonyl (C=O) groups excluding carboxylic acids is 1. The first-order valence-corrected chi connectivity index (χ1v) is 5.81. The number of ether oxygens (including phenoxy) is 1. The smallest absolute Gasteiger partial charge is 0.305 e. The second kappa shape index (κ2) is 5.97. The van der Waals surface area contributed by atoms with Crippen molar-refractivity contribution in [3.8, 4) is 0 Å². The molecule has 0 bridgehead atoms. The minimum absolute atomic E-state index is 0.0805.